The van der Waals surface area contributed by atoms with Crippen LogP contribution in [0.4, 0.5) is 32.8 Å². The first-order valence-corrected chi connectivity index (χ1v) is 21.5. The van der Waals surface area contributed by atoms with E-state index in [0.717, 1.165) is 66.5 Å². The van der Waals surface area contributed by atoms with E-state index in [0.29, 0.717) is 0 Å². The van der Waals surface area contributed by atoms with Gasteiger partial charge in [-0.3, -0.25) is 9.13 Å². The number of fused-ring (bicyclic) bond motifs is 7. The molecular weight excluding hydrogens is 773 g/mol. The summed E-state index contributed by atoms with van der Waals surface area (Å²) in [6, 6.07) is 68.9. The number of nitrogens with zero attached hydrogens (tertiary/aromatic N) is 6. The molecule has 12 aromatic rings. The molecule has 0 aliphatic heterocycles. The number of hydrogen-bond donors (Lipinski definition) is 0. The maximum Gasteiger partial charge on any atom is 0.137 e. The number of thiophene rings is 2. The Morgan fingerprint density at radius 3 is 1.25 bits per heavy atom. The van der Waals surface area contributed by atoms with Crippen molar-refractivity contribution in [3.05, 3.63) is 207 Å². The van der Waals surface area contributed by atoms with Gasteiger partial charge >= 0.3 is 0 Å². The van der Waals surface area contributed by atoms with E-state index in [1.54, 1.807) is 0 Å². The average Bonchev–Trinajstić information content (AvgIpc) is 4.07. The third kappa shape index (κ3) is 5.61. The van der Waals surface area contributed by atoms with E-state index in [1.165, 1.54) is 30.9 Å². The van der Waals surface area contributed by atoms with E-state index in [9.17, 15) is 0 Å². The molecule has 0 aliphatic rings. The Bertz CT molecular complexity index is 3440. The summed E-state index contributed by atoms with van der Waals surface area (Å²) in [6.07, 6.45) is 3.76. The van der Waals surface area contributed by atoms with Crippen LogP contribution in [0.1, 0.15) is 0 Å². The molecule has 6 aromatic heterocycles. The lowest BCUT2D eigenvalue weighted by atomic mass is 10.1. The minimum Gasteiger partial charge on any atom is -0.302 e. The van der Waals surface area contributed by atoms with Crippen molar-refractivity contribution in [2.75, 3.05) is 9.80 Å². The lowest BCUT2D eigenvalue weighted by Crippen LogP contribution is -2.08. The standard InChI is InChI=1S/C52H34N6S2/c1-4-18-37(19-5-1)55(38-20-6-2-7-21-38)49-33-45-51(59-49)41-31-44-42(32-43(41)57(45)47-24-12-14-28-53-47)52-46(58(44)48-25-13-15-29-54-48)34-50(60-52)56(39-22-8-3-9-23-39)40-27-26-35-16-10-11-17-36(35)30-40/h1-34H. The molecule has 0 unspecified atom stereocenters. The van der Waals surface area contributed by atoms with Crippen molar-refractivity contribution in [1.82, 2.24) is 19.1 Å². The van der Waals surface area contributed by atoms with Gasteiger partial charge in [-0.25, -0.2) is 9.97 Å². The van der Waals surface area contributed by atoms with Crippen molar-refractivity contribution in [3.8, 4) is 11.6 Å². The molecule has 60 heavy (non-hydrogen) atoms. The highest BCUT2D eigenvalue weighted by Crippen LogP contribution is 2.50. The Morgan fingerprint density at radius 1 is 0.350 bits per heavy atom. The van der Waals surface area contributed by atoms with Gasteiger partial charge in [0.2, 0.25) is 0 Å². The van der Waals surface area contributed by atoms with Crippen LogP contribution in [-0.2, 0) is 0 Å². The summed E-state index contributed by atoms with van der Waals surface area (Å²) in [5.41, 5.74) is 8.90. The molecule has 284 valence electrons. The Morgan fingerprint density at radius 2 is 0.783 bits per heavy atom. The number of pyridine rings is 2. The van der Waals surface area contributed by atoms with Crippen molar-refractivity contribution in [2.24, 2.45) is 0 Å². The summed E-state index contributed by atoms with van der Waals surface area (Å²) in [5, 5.41) is 7.02. The highest BCUT2D eigenvalue weighted by Gasteiger charge is 2.26. The summed E-state index contributed by atoms with van der Waals surface area (Å²) in [5.74, 6) is 1.76. The molecule has 6 nitrogen and oxygen atoms in total. The van der Waals surface area contributed by atoms with Gasteiger partial charge in [0.1, 0.15) is 21.6 Å². The van der Waals surface area contributed by atoms with E-state index in [1.807, 2.05) is 47.2 Å². The van der Waals surface area contributed by atoms with Crippen LogP contribution < -0.4 is 9.80 Å². The first-order chi connectivity index (χ1) is 29.8. The summed E-state index contributed by atoms with van der Waals surface area (Å²) in [7, 11) is 0. The Hall–Kier alpha value is -7.52. The zero-order valence-corrected chi connectivity index (χ0v) is 33.8. The molecule has 6 heterocycles. The second-order valence-electron chi connectivity index (χ2n) is 14.7. The molecule has 0 fully saturated rings. The third-order valence-electron chi connectivity index (χ3n) is 11.2. The van der Waals surface area contributed by atoms with Crippen LogP contribution >= 0.6 is 22.7 Å². The van der Waals surface area contributed by atoms with Gasteiger partial charge in [-0.1, -0.05) is 97.1 Å². The first kappa shape index (κ1) is 34.5. The van der Waals surface area contributed by atoms with E-state index < -0.39 is 0 Å². The summed E-state index contributed by atoms with van der Waals surface area (Å²) < 4.78 is 7.08. The molecule has 6 aromatic carbocycles. The van der Waals surface area contributed by atoms with Gasteiger partial charge in [0.05, 0.1) is 31.5 Å². The van der Waals surface area contributed by atoms with Crippen LogP contribution in [0.25, 0.3) is 64.6 Å². The fourth-order valence-corrected chi connectivity index (χ4v) is 11.0. The molecule has 12 rings (SSSR count). The van der Waals surface area contributed by atoms with Gasteiger partial charge < -0.3 is 9.80 Å². The molecule has 0 saturated carbocycles. The molecule has 8 heteroatoms. The molecule has 0 radical (unpaired) electrons. The molecule has 0 saturated heterocycles. The van der Waals surface area contributed by atoms with Crippen LogP contribution in [0, 0.1) is 0 Å². The Kier molecular flexibility index (Phi) is 8.11. The van der Waals surface area contributed by atoms with Gasteiger partial charge in [-0.15, -0.1) is 22.7 Å². The monoisotopic (exact) mass is 806 g/mol. The van der Waals surface area contributed by atoms with Gasteiger partial charge in [0, 0.05) is 45.9 Å². The number of para-hydroxylation sites is 3. The van der Waals surface area contributed by atoms with Gasteiger partial charge in [0.25, 0.3) is 0 Å². The number of hydrogen-bond acceptors (Lipinski definition) is 6. The van der Waals surface area contributed by atoms with Gasteiger partial charge in [-0.2, -0.15) is 0 Å². The highest BCUT2D eigenvalue weighted by molar-refractivity contribution is 7.24. The van der Waals surface area contributed by atoms with Crippen molar-refractivity contribution in [1.29, 1.82) is 0 Å². The van der Waals surface area contributed by atoms with E-state index in [-0.39, 0.29) is 0 Å². The third-order valence-corrected chi connectivity index (χ3v) is 13.5. The average molecular weight is 807 g/mol. The van der Waals surface area contributed by atoms with Crippen molar-refractivity contribution in [3.63, 3.8) is 0 Å². The highest BCUT2D eigenvalue weighted by atomic mass is 32.1. The number of aromatic nitrogens is 4. The normalized spacial score (nSPS) is 11.7. The van der Waals surface area contributed by atoms with Crippen LogP contribution in [0.3, 0.4) is 0 Å². The predicted molar refractivity (Wildman–Crippen MR) is 253 cm³/mol. The van der Waals surface area contributed by atoms with Gasteiger partial charge in [-0.05, 0) is 108 Å². The minimum atomic E-state index is 0.879. The largest absolute Gasteiger partial charge is 0.302 e. The van der Waals surface area contributed by atoms with Crippen molar-refractivity contribution >= 4 is 108 Å². The molecule has 0 amide bonds. The maximum atomic E-state index is 4.95. The zero-order chi connectivity index (χ0) is 39.6. The van der Waals surface area contributed by atoms with Crippen LogP contribution in [0.5, 0.6) is 0 Å². The minimum absolute atomic E-state index is 0.879. The quantitative estimate of drug-likeness (QED) is 0.153. The topological polar surface area (TPSA) is 42.1 Å². The smallest absolute Gasteiger partial charge is 0.137 e. The summed E-state index contributed by atoms with van der Waals surface area (Å²) in [6.45, 7) is 0. The number of anilines is 6. The van der Waals surface area contributed by atoms with E-state index >= 15 is 0 Å². The summed E-state index contributed by atoms with van der Waals surface area (Å²) in [4.78, 5) is 14.6. The van der Waals surface area contributed by atoms with Crippen LogP contribution in [0.15, 0.2) is 207 Å². The lowest BCUT2D eigenvalue weighted by molar-refractivity contribution is 1.08. The van der Waals surface area contributed by atoms with E-state index in [2.05, 4.69) is 201 Å². The second kappa shape index (κ2) is 14.1. The number of benzene rings is 6. The molecule has 0 bridgehead atoms. The maximum absolute atomic E-state index is 4.95. The van der Waals surface area contributed by atoms with Crippen LogP contribution in [0.2, 0.25) is 0 Å². The van der Waals surface area contributed by atoms with E-state index in [4.69, 9.17) is 9.97 Å². The second-order valence-corrected chi connectivity index (χ2v) is 16.8. The van der Waals surface area contributed by atoms with Crippen molar-refractivity contribution in [2.45, 2.75) is 0 Å². The molecule has 0 spiro atoms. The summed E-state index contributed by atoms with van der Waals surface area (Å²) >= 11 is 3.62. The fraction of sp³-hybridized carbons (Fsp3) is 0. The molecule has 0 atom stereocenters. The first-order valence-electron chi connectivity index (χ1n) is 19.9. The lowest BCUT2D eigenvalue weighted by Gasteiger charge is -2.24. The van der Waals surface area contributed by atoms with Crippen molar-refractivity contribution < 1.29 is 0 Å². The molecule has 0 N–H and O–H groups in total. The van der Waals surface area contributed by atoms with Gasteiger partial charge in [0.15, 0.2) is 0 Å². The molecular formula is C52H34N6S2. The van der Waals surface area contributed by atoms with Crippen LogP contribution in [-0.4, -0.2) is 19.1 Å². The Balaban J connectivity index is 1.13. The molecule has 0 aliphatic carbocycles. The Labute approximate surface area is 353 Å². The zero-order valence-electron chi connectivity index (χ0n) is 32.1. The number of rotatable bonds is 8. The fourth-order valence-electron chi connectivity index (χ4n) is 8.57. The predicted octanol–water partition coefficient (Wildman–Crippen LogP) is 14.9. The SMILES string of the molecule is c1ccc(N(c2ccccc2)c2cc3c(s2)c2cc4c(cc2n3-c2ccccn2)c2sc(N(c3ccccc3)c3ccc5ccccc5c3)cc2n4-c2ccccn2)cc1.